The van der Waals surface area contributed by atoms with Crippen LogP contribution in [-0.2, 0) is 7.05 Å². The molecule has 0 fully saturated rings. The largest absolute Gasteiger partial charge is 0.385 e. The third-order valence-corrected chi connectivity index (χ3v) is 2.54. The molecule has 4 heteroatoms. The van der Waals surface area contributed by atoms with Gasteiger partial charge in [-0.05, 0) is 12.3 Å². The average molecular weight is 184 g/mol. The normalized spacial score (nSPS) is 10.2. The number of hydrogen-bond donors (Lipinski definition) is 1. The lowest BCUT2D eigenvalue weighted by Crippen LogP contribution is -2.05. The Morgan fingerprint density at radius 2 is 2.25 bits per heavy atom. The molecular formula is C8H12N2OS. The first-order valence-electron chi connectivity index (χ1n) is 3.58. The number of hydrogen-bond acceptors (Lipinski definition) is 3. The number of carbonyl (C=O) groups is 1. The average Bonchev–Trinajstić information content (AvgIpc) is 2.28. The number of anilines is 1. The van der Waals surface area contributed by atoms with E-state index < -0.39 is 0 Å². The lowest BCUT2D eigenvalue weighted by atomic mass is 10.3. The molecule has 0 saturated carbocycles. The summed E-state index contributed by atoms with van der Waals surface area (Å²) in [5.74, 6) is 0.683. The molecule has 0 aliphatic carbocycles. The molecule has 2 N–H and O–H groups in total. The highest BCUT2D eigenvalue weighted by Crippen LogP contribution is 2.25. The van der Waals surface area contributed by atoms with Crippen molar-refractivity contribution in [3.8, 4) is 0 Å². The van der Waals surface area contributed by atoms with Gasteiger partial charge >= 0.3 is 0 Å². The van der Waals surface area contributed by atoms with Crippen LogP contribution in [-0.4, -0.2) is 16.6 Å². The van der Waals surface area contributed by atoms with Crippen LogP contribution < -0.4 is 5.73 Å². The van der Waals surface area contributed by atoms with E-state index in [0.29, 0.717) is 11.5 Å². The molecule has 0 saturated heterocycles. The van der Waals surface area contributed by atoms with Crippen LogP contribution in [0.25, 0.3) is 0 Å². The standard InChI is InChI=1S/C8H12N2OS/c1-5(11)8-6(12-3)4-7(9)10(8)2/h4H,9H2,1-3H3. The number of thioether (sulfide) groups is 1. The van der Waals surface area contributed by atoms with Gasteiger partial charge in [0.05, 0.1) is 5.69 Å². The number of nitrogens with zero attached hydrogens (tertiary/aromatic N) is 1. The Bertz CT molecular complexity index is 317. The molecule has 3 nitrogen and oxygen atoms in total. The predicted octanol–water partition coefficient (Wildman–Crippen LogP) is 1.53. The number of Topliss-reactive ketones (excluding diaryl/α,β-unsaturated/α-hetero) is 1. The van der Waals surface area contributed by atoms with Gasteiger partial charge in [-0.15, -0.1) is 11.8 Å². The lowest BCUT2D eigenvalue weighted by molar-refractivity contribution is 0.100. The Kier molecular flexibility index (Phi) is 2.47. The second kappa shape index (κ2) is 3.23. The van der Waals surface area contributed by atoms with Crippen LogP contribution in [0, 0.1) is 0 Å². The minimum absolute atomic E-state index is 0.0542. The highest BCUT2D eigenvalue weighted by atomic mass is 32.2. The van der Waals surface area contributed by atoms with Gasteiger partial charge < -0.3 is 10.3 Å². The van der Waals surface area contributed by atoms with Crippen LogP contribution >= 0.6 is 11.8 Å². The van der Waals surface area contributed by atoms with Gasteiger partial charge in [0.1, 0.15) is 5.82 Å². The number of nitrogen functional groups attached to an aromatic ring is 1. The molecular weight excluding hydrogens is 172 g/mol. The van der Waals surface area contributed by atoms with E-state index in [0.717, 1.165) is 4.90 Å². The van der Waals surface area contributed by atoms with Gasteiger partial charge in [0.25, 0.3) is 0 Å². The van der Waals surface area contributed by atoms with Crippen molar-refractivity contribution >= 4 is 23.4 Å². The van der Waals surface area contributed by atoms with E-state index in [-0.39, 0.29) is 5.78 Å². The summed E-state index contributed by atoms with van der Waals surface area (Å²) < 4.78 is 1.72. The van der Waals surface area contributed by atoms with Crippen LogP contribution in [0.4, 0.5) is 5.82 Å². The van der Waals surface area contributed by atoms with Crippen molar-refractivity contribution in [3.63, 3.8) is 0 Å². The van der Waals surface area contributed by atoms with Crippen molar-refractivity contribution in [2.45, 2.75) is 11.8 Å². The van der Waals surface area contributed by atoms with Crippen molar-refractivity contribution in [1.29, 1.82) is 0 Å². The number of aromatic nitrogens is 1. The first-order chi connectivity index (χ1) is 5.57. The topological polar surface area (TPSA) is 48.0 Å². The van der Waals surface area contributed by atoms with Gasteiger partial charge in [0.2, 0.25) is 0 Å². The summed E-state index contributed by atoms with van der Waals surface area (Å²) in [5, 5.41) is 0. The fourth-order valence-corrected chi connectivity index (χ4v) is 1.87. The molecule has 66 valence electrons. The van der Waals surface area contributed by atoms with Crippen LogP contribution in [0.2, 0.25) is 0 Å². The van der Waals surface area contributed by atoms with E-state index in [2.05, 4.69) is 0 Å². The van der Waals surface area contributed by atoms with E-state index in [1.54, 1.807) is 18.5 Å². The van der Waals surface area contributed by atoms with Gasteiger partial charge in [-0.3, -0.25) is 4.79 Å². The molecule has 0 atom stereocenters. The lowest BCUT2D eigenvalue weighted by Gasteiger charge is -2.01. The van der Waals surface area contributed by atoms with Crippen molar-refractivity contribution < 1.29 is 4.79 Å². The maximum atomic E-state index is 11.2. The third kappa shape index (κ3) is 1.34. The van der Waals surface area contributed by atoms with Gasteiger partial charge in [-0.1, -0.05) is 0 Å². The van der Waals surface area contributed by atoms with Crippen molar-refractivity contribution in [2.24, 2.45) is 7.05 Å². The zero-order chi connectivity index (χ0) is 9.30. The van der Waals surface area contributed by atoms with Gasteiger partial charge in [0, 0.05) is 18.9 Å². The molecule has 0 spiro atoms. The first kappa shape index (κ1) is 9.19. The second-order valence-corrected chi connectivity index (χ2v) is 3.45. The summed E-state index contributed by atoms with van der Waals surface area (Å²) in [6.07, 6.45) is 1.93. The smallest absolute Gasteiger partial charge is 0.177 e. The fourth-order valence-electron chi connectivity index (χ4n) is 1.16. The van der Waals surface area contributed by atoms with Crippen molar-refractivity contribution in [2.75, 3.05) is 12.0 Å². The Morgan fingerprint density at radius 3 is 2.58 bits per heavy atom. The highest BCUT2D eigenvalue weighted by Gasteiger charge is 2.13. The number of nitrogens with two attached hydrogens (primary N) is 1. The molecule has 1 aromatic rings. The maximum Gasteiger partial charge on any atom is 0.177 e. The summed E-state index contributed by atoms with van der Waals surface area (Å²) in [5.41, 5.74) is 6.35. The Hall–Kier alpha value is -0.900. The quantitative estimate of drug-likeness (QED) is 0.560. The third-order valence-electron chi connectivity index (χ3n) is 1.79. The first-order valence-corrected chi connectivity index (χ1v) is 4.80. The van der Waals surface area contributed by atoms with Crippen LogP contribution in [0.3, 0.4) is 0 Å². The van der Waals surface area contributed by atoms with Gasteiger partial charge in [0.15, 0.2) is 5.78 Å². The number of carbonyl (C=O) groups excluding carboxylic acids is 1. The molecule has 0 radical (unpaired) electrons. The van der Waals surface area contributed by atoms with E-state index in [9.17, 15) is 4.79 Å². The Balaban J connectivity index is 3.31. The highest BCUT2D eigenvalue weighted by molar-refractivity contribution is 7.98. The molecule has 0 bridgehead atoms. The maximum absolute atomic E-state index is 11.2. The monoisotopic (exact) mass is 184 g/mol. The summed E-state index contributed by atoms with van der Waals surface area (Å²) in [7, 11) is 1.80. The van der Waals surface area contributed by atoms with E-state index >= 15 is 0 Å². The van der Waals surface area contributed by atoms with Gasteiger partial charge in [-0.25, -0.2) is 0 Å². The SMILES string of the molecule is CSc1cc(N)n(C)c1C(C)=O. The van der Waals surface area contributed by atoms with E-state index in [1.807, 2.05) is 12.3 Å². The second-order valence-electron chi connectivity index (χ2n) is 2.60. The molecule has 1 heterocycles. The number of ketones is 1. The molecule has 0 unspecified atom stereocenters. The van der Waals surface area contributed by atoms with Crippen LogP contribution in [0.5, 0.6) is 0 Å². The molecule has 0 aliphatic heterocycles. The van der Waals surface area contributed by atoms with Crippen molar-refractivity contribution in [3.05, 3.63) is 11.8 Å². The summed E-state index contributed by atoms with van der Waals surface area (Å²) in [6.45, 7) is 1.55. The van der Waals surface area contributed by atoms with Crippen molar-refractivity contribution in [1.82, 2.24) is 4.57 Å². The summed E-state index contributed by atoms with van der Waals surface area (Å²) in [6, 6.07) is 1.82. The zero-order valence-electron chi connectivity index (χ0n) is 7.42. The molecule has 1 rings (SSSR count). The zero-order valence-corrected chi connectivity index (χ0v) is 8.23. The molecule has 0 aliphatic rings. The molecule has 12 heavy (non-hydrogen) atoms. The number of rotatable bonds is 2. The molecule has 1 aromatic heterocycles. The van der Waals surface area contributed by atoms with Crippen LogP contribution in [0.1, 0.15) is 17.4 Å². The minimum Gasteiger partial charge on any atom is -0.385 e. The molecule has 0 aromatic carbocycles. The predicted molar refractivity (Wildman–Crippen MR) is 51.6 cm³/mol. The van der Waals surface area contributed by atoms with E-state index in [1.165, 1.54) is 11.8 Å². The van der Waals surface area contributed by atoms with E-state index in [4.69, 9.17) is 5.73 Å². The van der Waals surface area contributed by atoms with Crippen LogP contribution in [0.15, 0.2) is 11.0 Å². The van der Waals surface area contributed by atoms with Gasteiger partial charge in [-0.2, -0.15) is 0 Å². The Morgan fingerprint density at radius 1 is 1.67 bits per heavy atom. The summed E-state index contributed by atoms with van der Waals surface area (Å²) >= 11 is 1.54. The molecule has 0 amide bonds. The Labute approximate surface area is 75.9 Å². The minimum atomic E-state index is 0.0542. The fraction of sp³-hybridized carbons (Fsp3) is 0.375. The summed E-state index contributed by atoms with van der Waals surface area (Å²) in [4.78, 5) is 12.1.